The van der Waals surface area contributed by atoms with Gasteiger partial charge < -0.3 is 15.1 Å². The molecule has 4 rings (SSSR count). The van der Waals surface area contributed by atoms with Crippen LogP contribution in [0, 0.1) is 0 Å². The Bertz CT molecular complexity index is 949. The number of hydrogen-bond donors (Lipinski definition) is 1. The van der Waals surface area contributed by atoms with E-state index < -0.39 is 0 Å². The number of para-hydroxylation sites is 1. The van der Waals surface area contributed by atoms with Crippen LogP contribution in [0.5, 0.6) is 0 Å². The van der Waals surface area contributed by atoms with Gasteiger partial charge in [0.15, 0.2) is 0 Å². The summed E-state index contributed by atoms with van der Waals surface area (Å²) < 4.78 is 0. The van der Waals surface area contributed by atoms with Crippen LogP contribution in [0.3, 0.4) is 0 Å². The van der Waals surface area contributed by atoms with E-state index in [4.69, 9.17) is 23.2 Å². The molecule has 2 aliphatic heterocycles. The number of rotatable bonds is 4. The minimum absolute atomic E-state index is 0.00367. The quantitative estimate of drug-likeness (QED) is 0.675. The van der Waals surface area contributed by atoms with E-state index in [-0.39, 0.29) is 5.91 Å². The molecule has 1 N–H and O–H groups in total. The number of halogens is 2. The van der Waals surface area contributed by atoms with E-state index in [2.05, 4.69) is 28.4 Å². The molecule has 0 radical (unpaired) electrons. The minimum Gasteiger partial charge on any atom is -0.369 e. The molecule has 0 spiro atoms. The van der Waals surface area contributed by atoms with Crippen molar-refractivity contribution in [2.24, 2.45) is 0 Å². The van der Waals surface area contributed by atoms with E-state index >= 15 is 0 Å². The van der Waals surface area contributed by atoms with Gasteiger partial charge >= 0.3 is 0 Å². The molecule has 4 nitrogen and oxygen atoms in total. The maximum atomic E-state index is 13.2. The molecule has 29 heavy (non-hydrogen) atoms. The lowest BCUT2D eigenvalue weighted by Gasteiger charge is -2.29. The van der Waals surface area contributed by atoms with E-state index in [0.29, 0.717) is 22.6 Å². The molecule has 1 atom stereocenters. The van der Waals surface area contributed by atoms with Crippen LogP contribution in [0.2, 0.25) is 10.0 Å². The van der Waals surface area contributed by atoms with Crippen molar-refractivity contribution in [2.75, 3.05) is 42.2 Å². The lowest BCUT2D eigenvalue weighted by atomic mass is 10.1. The van der Waals surface area contributed by atoms with E-state index in [0.717, 1.165) is 41.4 Å². The van der Waals surface area contributed by atoms with Gasteiger partial charge in [0.2, 0.25) is 0 Å². The molecule has 7 heteroatoms. The Morgan fingerprint density at radius 2 is 1.97 bits per heavy atom. The fourth-order valence-corrected chi connectivity index (χ4v) is 5.03. The molecule has 0 aromatic heterocycles. The number of amides is 1. The van der Waals surface area contributed by atoms with Crippen LogP contribution in [0.25, 0.3) is 6.08 Å². The van der Waals surface area contributed by atoms with Gasteiger partial charge in [-0.2, -0.15) is 0 Å². The van der Waals surface area contributed by atoms with Crippen molar-refractivity contribution in [3.05, 3.63) is 63.0 Å². The number of nitrogens with one attached hydrogen (secondary N) is 1. The number of likely N-dealkylation sites (N-methyl/N-ethyl adjacent to an activating group) is 1. The Balaban J connectivity index is 1.61. The Hall–Kier alpha value is -1.66. The SMILES string of the molecule is CNC1CCN(c2ccccc2C=C2SCCN(c3ccc(Cl)c(Cl)c3)C2=O)C1. The van der Waals surface area contributed by atoms with Gasteiger partial charge in [-0.05, 0) is 49.4 Å². The summed E-state index contributed by atoms with van der Waals surface area (Å²) in [6.07, 6.45) is 3.15. The fraction of sp³-hybridized carbons (Fsp3) is 0.318. The number of anilines is 2. The molecular formula is C22H23Cl2N3OS. The number of benzene rings is 2. The fourth-order valence-electron chi connectivity index (χ4n) is 3.80. The van der Waals surface area contributed by atoms with Gasteiger partial charge in [-0.25, -0.2) is 0 Å². The third-order valence-corrected chi connectivity index (χ3v) is 7.13. The van der Waals surface area contributed by atoms with Crippen LogP contribution in [0.15, 0.2) is 47.4 Å². The Morgan fingerprint density at radius 1 is 1.14 bits per heavy atom. The second-order valence-corrected chi connectivity index (χ2v) is 9.14. The summed E-state index contributed by atoms with van der Waals surface area (Å²) in [7, 11) is 2.01. The summed E-state index contributed by atoms with van der Waals surface area (Å²) in [6, 6.07) is 14.1. The lowest BCUT2D eigenvalue weighted by Crippen LogP contribution is -2.37. The molecule has 2 aromatic rings. The van der Waals surface area contributed by atoms with Crippen molar-refractivity contribution < 1.29 is 4.79 Å². The summed E-state index contributed by atoms with van der Waals surface area (Å²) >= 11 is 13.8. The number of carbonyl (C=O) groups excluding carboxylic acids is 1. The molecular weight excluding hydrogens is 425 g/mol. The average molecular weight is 448 g/mol. The Kier molecular flexibility index (Phi) is 6.40. The third kappa shape index (κ3) is 4.43. The largest absolute Gasteiger partial charge is 0.369 e. The van der Waals surface area contributed by atoms with Gasteiger partial charge in [0.1, 0.15) is 0 Å². The van der Waals surface area contributed by atoms with Crippen molar-refractivity contribution >= 4 is 58.3 Å². The standard InChI is InChI=1S/C22H23Cl2N3OS/c1-25-16-8-9-26(14-16)20-5-3-2-4-15(20)12-21-22(28)27(10-11-29-21)17-6-7-18(23)19(24)13-17/h2-7,12-13,16,25H,8-11,14H2,1H3. The van der Waals surface area contributed by atoms with Gasteiger partial charge in [0, 0.05) is 42.8 Å². The van der Waals surface area contributed by atoms with Gasteiger partial charge in [-0.1, -0.05) is 41.4 Å². The van der Waals surface area contributed by atoms with E-state index in [1.165, 1.54) is 5.69 Å². The summed E-state index contributed by atoms with van der Waals surface area (Å²) in [6.45, 7) is 2.64. The Morgan fingerprint density at radius 3 is 2.72 bits per heavy atom. The van der Waals surface area contributed by atoms with Crippen molar-refractivity contribution in [3.8, 4) is 0 Å². The lowest BCUT2D eigenvalue weighted by molar-refractivity contribution is -0.114. The zero-order chi connectivity index (χ0) is 20.4. The summed E-state index contributed by atoms with van der Waals surface area (Å²) in [5, 5.41) is 4.31. The minimum atomic E-state index is 0.00367. The topological polar surface area (TPSA) is 35.6 Å². The highest BCUT2D eigenvalue weighted by molar-refractivity contribution is 8.04. The van der Waals surface area contributed by atoms with Crippen LogP contribution in [0.1, 0.15) is 12.0 Å². The second kappa shape index (κ2) is 9.00. The number of carbonyl (C=O) groups is 1. The van der Waals surface area contributed by atoms with Crippen molar-refractivity contribution in [2.45, 2.75) is 12.5 Å². The van der Waals surface area contributed by atoms with Crippen molar-refractivity contribution in [1.82, 2.24) is 5.32 Å². The van der Waals surface area contributed by atoms with Gasteiger partial charge in [0.25, 0.3) is 5.91 Å². The molecule has 0 bridgehead atoms. The molecule has 2 saturated heterocycles. The van der Waals surface area contributed by atoms with Crippen molar-refractivity contribution in [3.63, 3.8) is 0 Å². The molecule has 2 heterocycles. The second-order valence-electron chi connectivity index (χ2n) is 7.19. The van der Waals surface area contributed by atoms with Crippen molar-refractivity contribution in [1.29, 1.82) is 0 Å². The normalized spacial score (nSPS) is 21.3. The third-order valence-electron chi connectivity index (χ3n) is 5.40. The smallest absolute Gasteiger partial charge is 0.264 e. The molecule has 1 amide bonds. The zero-order valence-electron chi connectivity index (χ0n) is 16.2. The first-order valence-corrected chi connectivity index (χ1v) is 11.4. The molecule has 152 valence electrons. The highest BCUT2D eigenvalue weighted by Gasteiger charge is 2.27. The maximum Gasteiger partial charge on any atom is 0.264 e. The molecule has 0 saturated carbocycles. The molecule has 1 unspecified atom stereocenters. The highest BCUT2D eigenvalue weighted by Crippen LogP contribution is 2.34. The van der Waals surface area contributed by atoms with Crippen LogP contribution in [-0.4, -0.2) is 44.4 Å². The zero-order valence-corrected chi connectivity index (χ0v) is 18.5. The number of hydrogen-bond acceptors (Lipinski definition) is 4. The first kappa shape index (κ1) is 20.6. The molecule has 2 aliphatic rings. The first-order chi connectivity index (χ1) is 14.1. The summed E-state index contributed by atoms with van der Waals surface area (Å²) in [4.78, 5) is 18.1. The highest BCUT2D eigenvalue weighted by atomic mass is 35.5. The van der Waals surface area contributed by atoms with Gasteiger partial charge in [-0.3, -0.25) is 4.79 Å². The molecule has 2 fully saturated rings. The Labute approximate surface area is 185 Å². The predicted molar refractivity (Wildman–Crippen MR) is 125 cm³/mol. The summed E-state index contributed by atoms with van der Waals surface area (Å²) in [5.74, 6) is 0.842. The van der Waals surface area contributed by atoms with E-state index in [9.17, 15) is 4.79 Å². The summed E-state index contributed by atoms with van der Waals surface area (Å²) in [5.41, 5.74) is 3.04. The first-order valence-electron chi connectivity index (χ1n) is 9.69. The predicted octanol–water partition coefficient (Wildman–Crippen LogP) is 4.91. The number of nitrogens with zero attached hydrogens (tertiary/aromatic N) is 2. The van der Waals surface area contributed by atoms with E-state index in [1.807, 2.05) is 25.3 Å². The van der Waals surface area contributed by atoms with Gasteiger partial charge in [-0.15, -0.1) is 11.8 Å². The van der Waals surface area contributed by atoms with Gasteiger partial charge in [0.05, 0.1) is 15.0 Å². The van der Waals surface area contributed by atoms with Crippen LogP contribution >= 0.6 is 35.0 Å². The van der Waals surface area contributed by atoms with Crippen LogP contribution < -0.4 is 15.1 Å². The van der Waals surface area contributed by atoms with E-state index in [1.54, 1.807) is 28.8 Å². The molecule has 0 aliphatic carbocycles. The van der Waals surface area contributed by atoms with Crippen LogP contribution in [0.4, 0.5) is 11.4 Å². The molecule has 2 aromatic carbocycles. The van der Waals surface area contributed by atoms with Crippen LogP contribution in [-0.2, 0) is 4.79 Å². The average Bonchev–Trinajstić information content (AvgIpc) is 3.21. The maximum absolute atomic E-state index is 13.2. The number of thioether (sulfide) groups is 1. The monoisotopic (exact) mass is 447 g/mol.